The summed E-state index contributed by atoms with van der Waals surface area (Å²) in [6, 6.07) is 15.1. The third-order valence-electron chi connectivity index (χ3n) is 3.22. The number of hydrogen-bond donors (Lipinski definition) is 2. The van der Waals surface area contributed by atoms with Crippen LogP contribution in [0.5, 0.6) is 11.5 Å². The highest BCUT2D eigenvalue weighted by atomic mass is 16.5. The predicted octanol–water partition coefficient (Wildman–Crippen LogP) is 2.82. The van der Waals surface area contributed by atoms with Gasteiger partial charge in [-0.3, -0.25) is 0 Å². The molecule has 2 aromatic carbocycles. The van der Waals surface area contributed by atoms with Crippen LogP contribution in [0.3, 0.4) is 0 Å². The Morgan fingerprint density at radius 3 is 2.47 bits per heavy atom. The minimum Gasteiger partial charge on any atom is -0.504 e. The molecule has 2 rings (SSSR count). The fourth-order valence-corrected chi connectivity index (χ4v) is 2.10. The maximum absolute atomic E-state index is 9.67. The molecule has 0 heterocycles. The van der Waals surface area contributed by atoms with E-state index in [2.05, 4.69) is 19.1 Å². The fraction of sp³-hybridized carbons (Fsp3) is 0.250. The summed E-state index contributed by atoms with van der Waals surface area (Å²) in [6.07, 6.45) is 0. The van der Waals surface area contributed by atoms with Crippen LogP contribution in [-0.2, 0) is 0 Å². The van der Waals surface area contributed by atoms with Crippen LogP contribution in [0, 0.1) is 6.92 Å². The van der Waals surface area contributed by atoms with Crippen LogP contribution >= 0.6 is 0 Å². The van der Waals surface area contributed by atoms with E-state index in [1.54, 1.807) is 18.2 Å². The summed E-state index contributed by atoms with van der Waals surface area (Å²) in [5, 5.41) is 9.67. The first-order valence-corrected chi connectivity index (χ1v) is 6.38. The third-order valence-corrected chi connectivity index (χ3v) is 3.22. The van der Waals surface area contributed by atoms with Crippen LogP contribution in [0.4, 0.5) is 0 Å². The van der Waals surface area contributed by atoms with Gasteiger partial charge in [0.05, 0.1) is 6.61 Å². The maximum atomic E-state index is 9.67. The standard InChI is InChI=1S/C16H19NO2/c1-12-6-2-3-7-14(12)13(10-17)11-19-16-9-5-4-8-15(16)18/h2-9,13,18H,10-11,17H2,1H3. The van der Waals surface area contributed by atoms with Crippen molar-refractivity contribution in [2.45, 2.75) is 12.8 Å². The molecule has 3 nitrogen and oxygen atoms in total. The average molecular weight is 257 g/mol. The number of para-hydroxylation sites is 2. The van der Waals surface area contributed by atoms with Gasteiger partial charge in [-0.2, -0.15) is 0 Å². The topological polar surface area (TPSA) is 55.5 Å². The molecule has 2 aromatic rings. The van der Waals surface area contributed by atoms with E-state index in [1.165, 1.54) is 11.1 Å². The van der Waals surface area contributed by atoms with Crippen molar-refractivity contribution in [3.05, 3.63) is 59.7 Å². The van der Waals surface area contributed by atoms with E-state index in [1.807, 2.05) is 18.2 Å². The van der Waals surface area contributed by atoms with Gasteiger partial charge in [-0.1, -0.05) is 36.4 Å². The van der Waals surface area contributed by atoms with Gasteiger partial charge >= 0.3 is 0 Å². The normalized spacial score (nSPS) is 12.1. The molecule has 0 saturated carbocycles. The van der Waals surface area contributed by atoms with Crippen LogP contribution in [0.15, 0.2) is 48.5 Å². The molecule has 0 bridgehead atoms. The number of hydrogen-bond acceptors (Lipinski definition) is 3. The number of phenols is 1. The second-order valence-electron chi connectivity index (χ2n) is 4.57. The van der Waals surface area contributed by atoms with Crippen molar-refractivity contribution >= 4 is 0 Å². The molecule has 0 aliphatic heterocycles. The van der Waals surface area contributed by atoms with Gasteiger partial charge in [0.25, 0.3) is 0 Å². The number of ether oxygens (including phenoxy) is 1. The highest BCUT2D eigenvalue weighted by molar-refractivity contribution is 5.38. The van der Waals surface area contributed by atoms with E-state index in [9.17, 15) is 5.11 Å². The Kier molecular flexibility index (Phi) is 4.42. The predicted molar refractivity (Wildman–Crippen MR) is 76.6 cm³/mol. The fourth-order valence-electron chi connectivity index (χ4n) is 2.10. The maximum Gasteiger partial charge on any atom is 0.160 e. The van der Waals surface area contributed by atoms with Crippen molar-refractivity contribution in [3.8, 4) is 11.5 Å². The Morgan fingerprint density at radius 1 is 1.11 bits per heavy atom. The lowest BCUT2D eigenvalue weighted by Gasteiger charge is -2.18. The molecule has 0 aromatic heterocycles. The van der Waals surface area contributed by atoms with Gasteiger partial charge in [0.1, 0.15) is 0 Å². The molecular weight excluding hydrogens is 238 g/mol. The first kappa shape index (κ1) is 13.4. The first-order chi connectivity index (χ1) is 9.22. The summed E-state index contributed by atoms with van der Waals surface area (Å²) in [5.74, 6) is 0.776. The Bertz CT molecular complexity index is 540. The zero-order valence-corrected chi connectivity index (χ0v) is 11.0. The molecule has 3 heteroatoms. The molecule has 19 heavy (non-hydrogen) atoms. The summed E-state index contributed by atoms with van der Waals surface area (Å²) in [4.78, 5) is 0. The van der Waals surface area contributed by atoms with E-state index in [4.69, 9.17) is 10.5 Å². The number of aromatic hydroxyl groups is 1. The van der Waals surface area contributed by atoms with E-state index >= 15 is 0 Å². The minimum atomic E-state index is 0.126. The minimum absolute atomic E-state index is 0.126. The first-order valence-electron chi connectivity index (χ1n) is 6.38. The Morgan fingerprint density at radius 2 is 1.79 bits per heavy atom. The van der Waals surface area contributed by atoms with Crippen molar-refractivity contribution in [1.82, 2.24) is 0 Å². The van der Waals surface area contributed by atoms with E-state index in [-0.39, 0.29) is 11.7 Å². The highest BCUT2D eigenvalue weighted by Gasteiger charge is 2.13. The molecule has 0 aliphatic carbocycles. The van der Waals surface area contributed by atoms with Crippen molar-refractivity contribution < 1.29 is 9.84 Å². The number of nitrogens with two attached hydrogens (primary N) is 1. The Hall–Kier alpha value is -2.00. The Balaban J connectivity index is 2.09. The van der Waals surface area contributed by atoms with Crippen LogP contribution in [-0.4, -0.2) is 18.3 Å². The molecule has 0 spiro atoms. The largest absolute Gasteiger partial charge is 0.504 e. The lowest BCUT2D eigenvalue weighted by Crippen LogP contribution is -2.20. The van der Waals surface area contributed by atoms with Crippen LogP contribution in [0.2, 0.25) is 0 Å². The molecule has 0 radical (unpaired) electrons. The van der Waals surface area contributed by atoms with Crippen LogP contribution in [0.25, 0.3) is 0 Å². The Labute approximate surface area is 113 Å². The molecule has 0 aliphatic rings. The van der Waals surface area contributed by atoms with Gasteiger partial charge in [0, 0.05) is 12.5 Å². The van der Waals surface area contributed by atoms with Crippen molar-refractivity contribution in [3.63, 3.8) is 0 Å². The second-order valence-corrected chi connectivity index (χ2v) is 4.57. The summed E-state index contributed by atoms with van der Waals surface area (Å²) in [7, 11) is 0. The van der Waals surface area contributed by atoms with Gasteiger partial charge in [0.2, 0.25) is 0 Å². The van der Waals surface area contributed by atoms with Gasteiger partial charge < -0.3 is 15.6 Å². The summed E-state index contributed by atoms with van der Waals surface area (Å²) in [5.41, 5.74) is 8.24. The zero-order valence-electron chi connectivity index (χ0n) is 11.0. The smallest absolute Gasteiger partial charge is 0.160 e. The van der Waals surface area contributed by atoms with E-state index in [0.29, 0.717) is 18.9 Å². The monoisotopic (exact) mass is 257 g/mol. The van der Waals surface area contributed by atoms with Crippen molar-refractivity contribution in [2.24, 2.45) is 5.73 Å². The molecule has 1 unspecified atom stereocenters. The quantitative estimate of drug-likeness (QED) is 0.866. The molecule has 0 saturated heterocycles. The summed E-state index contributed by atoms with van der Waals surface area (Å²) in [6.45, 7) is 3.04. The number of rotatable bonds is 5. The van der Waals surface area contributed by atoms with E-state index in [0.717, 1.165) is 0 Å². The lowest BCUT2D eigenvalue weighted by molar-refractivity contribution is 0.276. The van der Waals surface area contributed by atoms with Gasteiger partial charge in [-0.15, -0.1) is 0 Å². The second kappa shape index (κ2) is 6.25. The van der Waals surface area contributed by atoms with Crippen molar-refractivity contribution in [2.75, 3.05) is 13.2 Å². The number of aryl methyl sites for hydroxylation is 1. The molecule has 1 atom stereocenters. The molecule has 0 fully saturated rings. The van der Waals surface area contributed by atoms with Gasteiger partial charge in [-0.25, -0.2) is 0 Å². The van der Waals surface area contributed by atoms with Crippen LogP contribution in [0.1, 0.15) is 17.0 Å². The van der Waals surface area contributed by atoms with Crippen molar-refractivity contribution in [1.29, 1.82) is 0 Å². The zero-order chi connectivity index (χ0) is 13.7. The number of benzene rings is 2. The SMILES string of the molecule is Cc1ccccc1C(CN)COc1ccccc1O. The van der Waals surface area contributed by atoms with E-state index < -0.39 is 0 Å². The lowest BCUT2D eigenvalue weighted by atomic mass is 9.96. The van der Waals surface area contributed by atoms with Gasteiger partial charge in [0.15, 0.2) is 11.5 Å². The highest BCUT2D eigenvalue weighted by Crippen LogP contribution is 2.26. The average Bonchev–Trinajstić information content (AvgIpc) is 2.43. The molecule has 100 valence electrons. The third kappa shape index (κ3) is 3.26. The number of phenolic OH excluding ortho intramolecular Hbond substituents is 1. The van der Waals surface area contributed by atoms with Gasteiger partial charge in [-0.05, 0) is 30.2 Å². The molecule has 0 amide bonds. The summed E-state index contributed by atoms with van der Waals surface area (Å²) < 4.78 is 5.67. The summed E-state index contributed by atoms with van der Waals surface area (Å²) >= 11 is 0. The molecule has 3 N–H and O–H groups in total. The van der Waals surface area contributed by atoms with Crippen LogP contribution < -0.4 is 10.5 Å². The molecular formula is C16H19NO2.